The lowest BCUT2D eigenvalue weighted by molar-refractivity contribution is -0.136. The molecule has 3 heteroatoms. The maximum absolute atomic E-state index is 12.2. The summed E-state index contributed by atoms with van der Waals surface area (Å²) in [6.45, 7) is 4.34. The van der Waals surface area contributed by atoms with Gasteiger partial charge in [-0.15, -0.1) is 11.3 Å². The van der Waals surface area contributed by atoms with Gasteiger partial charge < -0.3 is 4.90 Å². The molecular weight excluding hydrogens is 218 g/mol. The van der Waals surface area contributed by atoms with E-state index in [9.17, 15) is 4.79 Å². The molecule has 88 valence electrons. The molecule has 0 saturated carbocycles. The average Bonchev–Trinajstić information content (AvgIpc) is 2.70. The van der Waals surface area contributed by atoms with Crippen LogP contribution in [-0.2, 0) is 11.2 Å². The van der Waals surface area contributed by atoms with Gasteiger partial charge in [-0.1, -0.05) is 6.07 Å². The van der Waals surface area contributed by atoms with Gasteiger partial charge in [-0.3, -0.25) is 4.79 Å². The average molecular weight is 237 g/mol. The lowest BCUT2D eigenvalue weighted by atomic mass is 9.97. The molecule has 0 unspecified atom stereocenters. The Morgan fingerprint density at radius 3 is 2.69 bits per heavy atom. The quantitative estimate of drug-likeness (QED) is 0.774. The summed E-state index contributed by atoms with van der Waals surface area (Å²) in [6.07, 6.45) is 4.14. The van der Waals surface area contributed by atoms with E-state index in [1.54, 1.807) is 11.3 Å². The van der Waals surface area contributed by atoms with Crippen LogP contribution >= 0.6 is 11.3 Å². The summed E-state index contributed by atoms with van der Waals surface area (Å²) in [7, 11) is 0. The molecule has 1 aliphatic heterocycles. The van der Waals surface area contributed by atoms with Gasteiger partial charge in [-0.2, -0.15) is 0 Å². The molecule has 0 aliphatic carbocycles. The van der Waals surface area contributed by atoms with Crippen LogP contribution in [0.1, 0.15) is 38.0 Å². The molecular formula is C13H19NOS. The molecule has 2 nitrogen and oxygen atoms in total. The number of nitrogens with zero attached hydrogens (tertiary/aromatic N) is 1. The first-order valence-corrected chi connectivity index (χ1v) is 6.90. The molecule has 2 atom stereocenters. The number of thiophene rings is 1. The van der Waals surface area contributed by atoms with Crippen molar-refractivity contribution in [1.29, 1.82) is 0 Å². The Balaban J connectivity index is 2.02. The fourth-order valence-corrected chi connectivity index (χ4v) is 3.26. The van der Waals surface area contributed by atoms with Gasteiger partial charge in [0, 0.05) is 17.0 Å². The van der Waals surface area contributed by atoms with Crippen LogP contribution in [0, 0.1) is 0 Å². The largest absolute Gasteiger partial charge is 0.337 e. The summed E-state index contributed by atoms with van der Waals surface area (Å²) in [6, 6.07) is 4.88. The van der Waals surface area contributed by atoms with Crippen LogP contribution in [0.3, 0.4) is 0 Å². The summed E-state index contributed by atoms with van der Waals surface area (Å²) in [5.74, 6) is 0.294. The van der Waals surface area contributed by atoms with Gasteiger partial charge in [-0.25, -0.2) is 0 Å². The van der Waals surface area contributed by atoms with Crippen molar-refractivity contribution >= 4 is 17.2 Å². The van der Waals surface area contributed by atoms with E-state index in [4.69, 9.17) is 0 Å². The van der Waals surface area contributed by atoms with Crippen LogP contribution in [-0.4, -0.2) is 22.9 Å². The van der Waals surface area contributed by atoms with E-state index >= 15 is 0 Å². The SMILES string of the molecule is C[C@@H]1CCC[C@@H](C)N1C(=O)Cc1cccs1. The molecule has 0 radical (unpaired) electrons. The van der Waals surface area contributed by atoms with Crippen molar-refractivity contribution in [2.45, 2.75) is 51.6 Å². The number of hydrogen-bond acceptors (Lipinski definition) is 2. The number of amides is 1. The Kier molecular flexibility index (Phi) is 3.64. The normalized spacial score (nSPS) is 25.8. The van der Waals surface area contributed by atoms with E-state index in [1.807, 2.05) is 17.5 Å². The van der Waals surface area contributed by atoms with Crippen molar-refractivity contribution in [2.24, 2.45) is 0 Å². The lowest BCUT2D eigenvalue weighted by Gasteiger charge is -2.39. The molecule has 2 heterocycles. The van der Waals surface area contributed by atoms with Crippen LogP contribution in [0.25, 0.3) is 0 Å². The van der Waals surface area contributed by atoms with Gasteiger partial charge in [0.25, 0.3) is 0 Å². The summed E-state index contributed by atoms with van der Waals surface area (Å²) in [4.78, 5) is 15.5. The third kappa shape index (κ3) is 2.46. The maximum atomic E-state index is 12.2. The predicted octanol–water partition coefficient (Wildman–Crippen LogP) is 3.08. The van der Waals surface area contributed by atoms with Gasteiger partial charge in [0.05, 0.1) is 6.42 Å². The van der Waals surface area contributed by atoms with E-state index in [0.29, 0.717) is 24.4 Å². The third-order valence-electron chi connectivity index (χ3n) is 3.39. The second-order valence-corrected chi connectivity index (χ2v) is 5.72. The van der Waals surface area contributed by atoms with Gasteiger partial charge >= 0.3 is 0 Å². The molecule has 2 rings (SSSR count). The highest BCUT2D eigenvalue weighted by atomic mass is 32.1. The van der Waals surface area contributed by atoms with Crippen molar-refractivity contribution in [3.05, 3.63) is 22.4 Å². The van der Waals surface area contributed by atoms with Crippen molar-refractivity contribution in [2.75, 3.05) is 0 Å². The van der Waals surface area contributed by atoms with E-state index in [-0.39, 0.29) is 0 Å². The summed E-state index contributed by atoms with van der Waals surface area (Å²) in [5, 5.41) is 2.03. The fraction of sp³-hybridized carbons (Fsp3) is 0.615. The Labute approximate surface area is 101 Å². The van der Waals surface area contributed by atoms with E-state index in [0.717, 1.165) is 12.8 Å². The topological polar surface area (TPSA) is 20.3 Å². The zero-order chi connectivity index (χ0) is 11.5. The minimum absolute atomic E-state index is 0.294. The fourth-order valence-electron chi connectivity index (χ4n) is 2.57. The number of rotatable bonds is 2. The Hall–Kier alpha value is -0.830. The van der Waals surface area contributed by atoms with Crippen LogP contribution in [0.5, 0.6) is 0 Å². The summed E-state index contributed by atoms with van der Waals surface area (Å²) >= 11 is 1.67. The molecule has 1 aromatic rings. The second-order valence-electron chi connectivity index (χ2n) is 4.69. The Bertz CT molecular complexity index is 337. The first kappa shape index (κ1) is 11.6. The molecule has 1 fully saturated rings. The highest BCUT2D eigenvalue weighted by molar-refractivity contribution is 7.10. The van der Waals surface area contributed by atoms with Crippen LogP contribution in [0.4, 0.5) is 0 Å². The summed E-state index contributed by atoms with van der Waals surface area (Å²) in [5.41, 5.74) is 0. The molecule has 1 saturated heterocycles. The number of carbonyl (C=O) groups excluding carboxylic acids is 1. The number of carbonyl (C=O) groups is 1. The smallest absolute Gasteiger partial charge is 0.228 e. The van der Waals surface area contributed by atoms with Crippen molar-refractivity contribution in [3.63, 3.8) is 0 Å². The van der Waals surface area contributed by atoms with Gasteiger partial charge in [0.1, 0.15) is 0 Å². The first-order valence-electron chi connectivity index (χ1n) is 6.02. The maximum Gasteiger partial charge on any atom is 0.228 e. The van der Waals surface area contributed by atoms with Gasteiger partial charge in [0.2, 0.25) is 5.91 Å². The molecule has 16 heavy (non-hydrogen) atoms. The Morgan fingerprint density at radius 1 is 1.44 bits per heavy atom. The van der Waals surface area contributed by atoms with Gasteiger partial charge in [-0.05, 0) is 44.6 Å². The molecule has 0 aromatic carbocycles. The number of likely N-dealkylation sites (tertiary alicyclic amines) is 1. The van der Waals surface area contributed by atoms with Crippen molar-refractivity contribution < 1.29 is 4.79 Å². The minimum Gasteiger partial charge on any atom is -0.337 e. The Morgan fingerprint density at radius 2 is 2.12 bits per heavy atom. The molecule has 1 amide bonds. The molecule has 0 N–H and O–H groups in total. The zero-order valence-corrected chi connectivity index (χ0v) is 10.8. The summed E-state index contributed by atoms with van der Waals surface area (Å²) < 4.78 is 0. The minimum atomic E-state index is 0.294. The van der Waals surface area contributed by atoms with Gasteiger partial charge in [0.15, 0.2) is 0 Å². The number of hydrogen-bond donors (Lipinski definition) is 0. The monoisotopic (exact) mass is 237 g/mol. The molecule has 1 aliphatic rings. The van der Waals surface area contributed by atoms with Crippen LogP contribution in [0.2, 0.25) is 0 Å². The standard InChI is InChI=1S/C13H19NOS/c1-10-5-3-6-11(2)14(10)13(15)9-12-7-4-8-16-12/h4,7-8,10-11H,3,5-6,9H2,1-2H3/t10-,11-/m1/s1. The van der Waals surface area contributed by atoms with E-state index < -0.39 is 0 Å². The van der Waals surface area contributed by atoms with E-state index in [2.05, 4.69) is 18.7 Å². The van der Waals surface area contributed by atoms with Crippen molar-refractivity contribution in [3.8, 4) is 0 Å². The lowest BCUT2D eigenvalue weighted by Crippen LogP contribution is -2.48. The van der Waals surface area contributed by atoms with Crippen LogP contribution < -0.4 is 0 Å². The second kappa shape index (κ2) is 5.00. The number of piperidine rings is 1. The van der Waals surface area contributed by atoms with E-state index in [1.165, 1.54) is 11.3 Å². The highest BCUT2D eigenvalue weighted by Crippen LogP contribution is 2.24. The third-order valence-corrected chi connectivity index (χ3v) is 4.26. The molecule has 0 spiro atoms. The molecule has 0 bridgehead atoms. The predicted molar refractivity (Wildman–Crippen MR) is 67.6 cm³/mol. The zero-order valence-electron chi connectivity index (χ0n) is 9.98. The first-order chi connectivity index (χ1) is 7.68. The highest BCUT2D eigenvalue weighted by Gasteiger charge is 2.28. The van der Waals surface area contributed by atoms with Crippen LogP contribution in [0.15, 0.2) is 17.5 Å². The molecule has 1 aromatic heterocycles. The van der Waals surface area contributed by atoms with Crippen molar-refractivity contribution in [1.82, 2.24) is 4.90 Å².